The van der Waals surface area contributed by atoms with Crippen LogP contribution in [0, 0.1) is 19.3 Å². The molecule has 0 amide bonds. The van der Waals surface area contributed by atoms with E-state index in [0.29, 0.717) is 12.0 Å². The Hall–Kier alpha value is -0.370. The summed E-state index contributed by atoms with van der Waals surface area (Å²) in [6.07, 6.45) is 1.23. The van der Waals surface area contributed by atoms with E-state index in [2.05, 4.69) is 49.8 Å². The number of guanidine groups is 1. The van der Waals surface area contributed by atoms with Crippen LogP contribution in [0.25, 0.3) is 0 Å². The van der Waals surface area contributed by atoms with Gasteiger partial charge >= 0.3 is 0 Å². The van der Waals surface area contributed by atoms with Crippen molar-refractivity contribution < 1.29 is 0 Å². The van der Waals surface area contributed by atoms with Crippen LogP contribution in [0.1, 0.15) is 42.8 Å². The van der Waals surface area contributed by atoms with Crippen LogP contribution in [0.5, 0.6) is 0 Å². The first kappa shape index (κ1) is 18.7. The van der Waals surface area contributed by atoms with Crippen LogP contribution in [0.3, 0.4) is 0 Å². The van der Waals surface area contributed by atoms with Gasteiger partial charge in [0.2, 0.25) is 0 Å². The number of thiazole rings is 1. The number of aliphatic imine (C=N–C) groups is 1. The first-order chi connectivity index (χ1) is 9.41. The summed E-state index contributed by atoms with van der Waals surface area (Å²) in [5, 5.41) is 4.51. The van der Waals surface area contributed by atoms with Gasteiger partial charge in [0, 0.05) is 24.5 Å². The second kappa shape index (κ2) is 7.76. The summed E-state index contributed by atoms with van der Waals surface area (Å²) in [5.74, 6) is 1.03. The summed E-state index contributed by atoms with van der Waals surface area (Å²) < 4.78 is 0. The smallest absolute Gasteiger partial charge is 0.194 e. The highest BCUT2D eigenvalue weighted by atomic mass is 127. The van der Waals surface area contributed by atoms with E-state index in [1.54, 1.807) is 11.3 Å². The van der Waals surface area contributed by atoms with E-state index < -0.39 is 0 Å². The molecule has 0 atom stereocenters. The molecule has 1 aliphatic heterocycles. The van der Waals surface area contributed by atoms with Gasteiger partial charge < -0.3 is 10.2 Å². The standard InChI is InChI=1S/C15H26N4S.HI/c1-6-16-14(19-8-7-15(4,5)10-19)17-9-13-18-11(2)12(3)20-13;/h6-10H2,1-5H3,(H,16,17);1H. The van der Waals surface area contributed by atoms with Gasteiger partial charge in [0.1, 0.15) is 5.01 Å². The predicted octanol–water partition coefficient (Wildman–Crippen LogP) is 3.58. The first-order valence-corrected chi connectivity index (χ1v) is 8.19. The quantitative estimate of drug-likeness (QED) is 0.460. The number of aromatic nitrogens is 1. The van der Waals surface area contributed by atoms with Crippen LogP contribution >= 0.6 is 35.3 Å². The van der Waals surface area contributed by atoms with E-state index in [0.717, 1.165) is 36.3 Å². The number of rotatable bonds is 3. The lowest BCUT2D eigenvalue weighted by molar-refractivity contribution is 0.370. The largest absolute Gasteiger partial charge is 0.357 e. The summed E-state index contributed by atoms with van der Waals surface area (Å²) in [4.78, 5) is 13.0. The van der Waals surface area contributed by atoms with Crippen molar-refractivity contribution in [3.63, 3.8) is 0 Å². The molecule has 1 fully saturated rings. The monoisotopic (exact) mass is 422 g/mol. The van der Waals surface area contributed by atoms with E-state index in [1.807, 2.05) is 0 Å². The van der Waals surface area contributed by atoms with Gasteiger partial charge in [-0.25, -0.2) is 9.98 Å². The fraction of sp³-hybridized carbons (Fsp3) is 0.733. The van der Waals surface area contributed by atoms with Crippen molar-refractivity contribution in [3.05, 3.63) is 15.6 Å². The Morgan fingerprint density at radius 3 is 2.62 bits per heavy atom. The van der Waals surface area contributed by atoms with E-state index in [1.165, 1.54) is 11.3 Å². The normalized spacial score (nSPS) is 17.8. The zero-order valence-corrected chi connectivity index (χ0v) is 16.8. The van der Waals surface area contributed by atoms with Gasteiger partial charge in [0.25, 0.3) is 0 Å². The van der Waals surface area contributed by atoms with Crippen molar-refractivity contribution in [1.29, 1.82) is 0 Å². The molecule has 1 aliphatic rings. The number of hydrogen-bond acceptors (Lipinski definition) is 3. The number of aryl methyl sites for hydroxylation is 2. The van der Waals surface area contributed by atoms with Crippen molar-refractivity contribution >= 4 is 41.3 Å². The molecule has 0 unspecified atom stereocenters. The maximum absolute atomic E-state index is 4.77. The minimum absolute atomic E-state index is 0. The average Bonchev–Trinajstić information content (AvgIpc) is 2.88. The lowest BCUT2D eigenvalue weighted by Gasteiger charge is -2.23. The van der Waals surface area contributed by atoms with Gasteiger partial charge in [-0.05, 0) is 32.6 Å². The molecule has 1 N–H and O–H groups in total. The van der Waals surface area contributed by atoms with E-state index >= 15 is 0 Å². The summed E-state index contributed by atoms with van der Waals surface area (Å²) in [6.45, 7) is 14.7. The Morgan fingerprint density at radius 2 is 2.14 bits per heavy atom. The fourth-order valence-electron chi connectivity index (χ4n) is 2.47. The fourth-order valence-corrected chi connectivity index (χ4v) is 3.33. The molecule has 120 valence electrons. The average molecular weight is 422 g/mol. The lowest BCUT2D eigenvalue weighted by atomic mass is 9.93. The zero-order valence-electron chi connectivity index (χ0n) is 13.7. The Bertz CT molecular complexity index is 476. The van der Waals surface area contributed by atoms with Crippen molar-refractivity contribution in [3.8, 4) is 0 Å². The molecular weight excluding hydrogens is 395 g/mol. The van der Waals surface area contributed by atoms with Crippen molar-refractivity contribution in [2.24, 2.45) is 10.4 Å². The molecule has 0 saturated carbocycles. The number of halogens is 1. The SMILES string of the molecule is CCNC(=NCc1nc(C)c(C)s1)N1CCC(C)(C)C1.I. The second-order valence-electron chi connectivity index (χ2n) is 6.26. The third-order valence-electron chi connectivity index (χ3n) is 3.75. The third kappa shape index (κ3) is 5.09. The Morgan fingerprint density at radius 1 is 1.43 bits per heavy atom. The number of nitrogens with one attached hydrogen (secondary N) is 1. The van der Waals surface area contributed by atoms with Gasteiger partial charge in [-0.15, -0.1) is 35.3 Å². The highest BCUT2D eigenvalue weighted by Gasteiger charge is 2.30. The molecule has 2 rings (SSSR count). The molecule has 0 bridgehead atoms. The van der Waals surface area contributed by atoms with Crippen molar-refractivity contribution in [1.82, 2.24) is 15.2 Å². The highest BCUT2D eigenvalue weighted by Crippen LogP contribution is 2.28. The van der Waals surface area contributed by atoms with E-state index in [9.17, 15) is 0 Å². The Balaban J connectivity index is 0.00000220. The summed E-state index contributed by atoms with van der Waals surface area (Å²) >= 11 is 1.75. The Labute approximate surface area is 149 Å². The summed E-state index contributed by atoms with van der Waals surface area (Å²) in [5.41, 5.74) is 1.53. The molecule has 0 spiro atoms. The van der Waals surface area contributed by atoms with Crippen LogP contribution in [-0.4, -0.2) is 35.5 Å². The van der Waals surface area contributed by atoms with Gasteiger partial charge in [-0.1, -0.05) is 13.8 Å². The number of hydrogen-bond donors (Lipinski definition) is 1. The summed E-state index contributed by atoms with van der Waals surface area (Å²) in [7, 11) is 0. The molecule has 0 radical (unpaired) electrons. The molecule has 0 aromatic carbocycles. The van der Waals surface area contributed by atoms with Crippen LogP contribution in [0.4, 0.5) is 0 Å². The van der Waals surface area contributed by atoms with Gasteiger partial charge in [-0.3, -0.25) is 0 Å². The van der Waals surface area contributed by atoms with E-state index in [-0.39, 0.29) is 24.0 Å². The molecule has 2 heterocycles. The first-order valence-electron chi connectivity index (χ1n) is 7.37. The third-order valence-corrected chi connectivity index (χ3v) is 4.81. The molecule has 6 heteroatoms. The molecule has 21 heavy (non-hydrogen) atoms. The molecule has 0 aliphatic carbocycles. The van der Waals surface area contributed by atoms with Crippen molar-refractivity contribution in [2.45, 2.75) is 47.6 Å². The van der Waals surface area contributed by atoms with Crippen LogP contribution in [0.15, 0.2) is 4.99 Å². The highest BCUT2D eigenvalue weighted by molar-refractivity contribution is 14.0. The van der Waals surface area contributed by atoms with Crippen LogP contribution in [-0.2, 0) is 6.54 Å². The maximum atomic E-state index is 4.77. The molecule has 1 aromatic heterocycles. The second-order valence-corrected chi connectivity index (χ2v) is 7.54. The van der Waals surface area contributed by atoms with Crippen LogP contribution in [0.2, 0.25) is 0 Å². The van der Waals surface area contributed by atoms with Gasteiger partial charge in [0.05, 0.1) is 12.2 Å². The maximum Gasteiger partial charge on any atom is 0.194 e. The minimum atomic E-state index is 0. The van der Waals surface area contributed by atoms with Crippen molar-refractivity contribution in [2.75, 3.05) is 19.6 Å². The van der Waals surface area contributed by atoms with Gasteiger partial charge in [0.15, 0.2) is 5.96 Å². The molecular formula is C15H27IN4S. The Kier molecular flexibility index (Phi) is 6.90. The molecule has 1 aromatic rings. The predicted molar refractivity (Wildman–Crippen MR) is 102 cm³/mol. The van der Waals surface area contributed by atoms with Crippen LogP contribution < -0.4 is 5.32 Å². The van der Waals surface area contributed by atoms with Gasteiger partial charge in [-0.2, -0.15) is 0 Å². The summed E-state index contributed by atoms with van der Waals surface area (Å²) in [6, 6.07) is 0. The zero-order chi connectivity index (χ0) is 14.8. The number of likely N-dealkylation sites (tertiary alicyclic amines) is 1. The number of nitrogens with zero attached hydrogens (tertiary/aromatic N) is 3. The lowest BCUT2D eigenvalue weighted by Crippen LogP contribution is -2.40. The molecule has 1 saturated heterocycles. The topological polar surface area (TPSA) is 40.5 Å². The van der Waals surface area contributed by atoms with E-state index in [4.69, 9.17) is 4.99 Å². The molecule has 4 nitrogen and oxygen atoms in total. The minimum Gasteiger partial charge on any atom is -0.357 e.